The Bertz CT molecular complexity index is 471. The highest BCUT2D eigenvalue weighted by molar-refractivity contribution is 14.0. The van der Waals surface area contributed by atoms with E-state index in [2.05, 4.69) is 27.4 Å². The van der Waals surface area contributed by atoms with Gasteiger partial charge in [0, 0.05) is 32.4 Å². The van der Waals surface area contributed by atoms with Crippen LogP contribution < -0.4 is 10.6 Å². The first-order valence-corrected chi connectivity index (χ1v) is 10.7. The van der Waals surface area contributed by atoms with Crippen molar-refractivity contribution < 1.29 is 8.42 Å². The van der Waals surface area contributed by atoms with Crippen molar-refractivity contribution in [3.8, 4) is 0 Å². The van der Waals surface area contributed by atoms with E-state index in [-0.39, 0.29) is 35.8 Å². The van der Waals surface area contributed by atoms with Crippen molar-refractivity contribution in [3.63, 3.8) is 0 Å². The van der Waals surface area contributed by atoms with Gasteiger partial charge in [-0.05, 0) is 51.6 Å². The van der Waals surface area contributed by atoms with Gasteiger partial charge in [0.25, 0.3) is 0 Å². The molecule has 0 aromatic rings. The fourth-order valence-corrected chi connectivity index (χ4v) is 3.67. The van der Waals surface area contributed by atoms with Crippen molar-refractivity contribution in [3.05, 3.63) is 0 Å². The number of nitrogens with one attached hydrogen (secondary N) is 2. The Morgan fingerprint density at radius 1 is 1.42 bits per heavy atom. The van der Waals surface area contributed by atoms with Gasteiger partial charge < -0.3 is 15.5 Å². The zero-order valence-electron chi connectivity index (χ0n) is 15.5. The topological polar surface area (TPSA) is 73.8 Å². The molecule has 1 rings (SSSR count). The van der Waals surface area contributed by atoms with Gasteiger partial charge in [0.05, 0.1) is 5.75 Å². The van der Waals surface area contributed by atoms with Crippen LogP contribution in [0.3, 0.4) is 0 Å². The number of nitrogens with zero attached hydrogens (tertiary/aromatic N) is 2. The molecule has 0 bridgehead atoms. The number of halogens is 1. The second-order valence-electron chi connectivity index (χ2n) is 6.86. The number of guanidine groups is 1. The van der Waals surface area contributed by atoms with Crippen LogP contribution in [0.2, 0.25) is 0 Å². The molecule has 8 heteroatoms. The summed E-state index contributed by atoms with van der Waals surface area (Å²) in [5.41, 5.74) is 0. The van der Waals surface area contributed by atoms with E-state index in [9.17, 15) is 8.42 Å². The number of piperidine rings is 1. The quantitative estimate of drug-likeness (QED) is 0.243. The molecule has 2 N–H and O–H groups in total. The molecule has 0 amide bonds. The zero-order chi connectivity index (χ0) is 17.3. The van der Waals surface area contributed by atoms with E-state index in [1.54, 1.807) is 7.05 Å². The predicted molar refractivity (Wildman–Crippen MR) is 113 cm³/mol. The van der Waals surface area contributed by atoms with Crippen molar-refractivity contribution in [2.24, 2.45) is 10.9 Å². The average molecular weight is 474 g/mol. The minimum absolute atomic E-state index is 0. The Morgan fingerprint density at radius 3 is 2.71 bits per heavy atom. The third-order valence-corrected chi connectivity index (χ3v) is 5.19. The van der Waals surface area contributed by atoms with Crippen molar-refractivity contribution in [1.29, 1.82) is 0 Å². The van der Waals surface area contributed by atoms with Gasteiger partial charge in [0.1, 0.15) is 9.84 Å². The maximum Gasteiger partial charge on any atom is 0.191 e. The number of hydrogen-bond donors (Lipinski definition) is 2. The summed E-state index contributed by atoms with van der Waals surface area (Å²) in [7, 11) is -1.16. The van der Waals surface area contributed by atoms with Gasteiger partial charge in [-0.1, -0.05) is 6.92 Å². The smallest absolute Gasteiger partial charge is 0.191 e. The maximum absolute atomic E-state index is 11.2. The fourth-order valence-electron chi connectivity index (χ4n) is 2.89. The van der Waals surface area contributed by atoms with Gasteiger partial charge in [-0.2, -0.15) is 0 Å². The molecule has 1 saturated heterocycles. The summed E-state index contributed by atoms with van der Waals surface area (Å²) in [4.78, 5) is 6.74. The third-order valence-electron chi connectivity index (χ3n) is 4.21. The summed E-state index contributed by atoms with van der Waals surface area (Å²) in [6.07, 6.45) is 5.62. The molecule has 0 radical (unpaired) electrons. The van der Waals surface area contributed by atoms with Crippen LogP contribution in [0, 0.1) is 5.92 Å². The number of hydrogen-bond acceptors (Lipinski definition) is 4. The zero-order valence-corrected chi connectivity index (χ0v) is 18.7. The second-order valence-corrected chi connectivity index (χ2v) is 9.12. The van der Waals surface area contributed by atoms with Crippen LogP contribution in [0.15, 0.2) is 4.99 Å². The maximum atomic E-state index is 11.2. The SMILES string of the molecule is CN=C(NCCCN1CCCC(C)C1)NC(C)CCS(C)(=O)=O.I. The molecule has 0 aromatic heterocycles. The molecule has 6 nitrogen and oxygen atoms in total. The van der Waals surface area contributed by atoms with Crippen molar-refractivity contribution in [2.45, 2.75) is 45.6 Å². The monoisotopic (exact) mass is 474 g/mol. The Balaban J connectivity index is 0.00000529. The molecule has 1 aliphatic heterocycles. The highest BCUT2D eigenvalue weighted by Gasteiger charge is 2.15. The molecular weight excluding hydrogens is 439 g/mol. The summed E-state index contributed by atoms with van der Waals surface area (Å²) < 4.78 is 22.4. The molecule has 1 heterocycles. The molecule has 0 aliphatic carbocycles. The lowest BCUT2D eigenvalue weighted by molar-refractivity contribution is 0.182. The normalized spacial score (nSPS) is 21.0. The number of sulfone groups is 1. The summed E-state index contributed by atoms with van der Waals surface area (Å²) >= 11 is 0. The van der Waals surface area contributed by atoms with E-state index >= 15 is 0 Å². The van der Waals surface area contributed by atoms with Crippen LogP contribution >= 0.6 is 24.0 Å². The number of rotatable bonds is 8. The Hall–Kier alpha value is -0.0900. The van der Waals surface area contributed by atoms with E-state index in [0.29, 0.717) is 6.42 Å². The second kappa shape index (κ2) is 12.3. The first-order valence-electron chi connectivity index (χ1n) is 8.67. The first-order chi connectivity index (χ1) is 10.8. The lowest BCUT2D eigenvalue weighted by Gasteiger charge is -2.30. The molecule has 0 spiro atoms. The van der Waals surface area contributed by atoms with Crippen LogP contribution in [0.4, 0.5) is 0 Å². The van der Waals surface area contributed by atoms with Gasteiger partial charge in [-0.15, -0.1) is 24.0 Å². The summed E-state index contributed by atoms with van der Waals surface area (Å²) in [5.74, 6) is 1.77. The summed E-state index contributed by atoms with van der Waals surface area (Å²) in [6, 6.07) is 0.0823. The molecule has 0 aromatic carbocycles. The number of aliphatic imine (C=N–C) groups is 1. The first kappa shape index (κ1) is 23.9. The Kier molecular flexibility index (Phi) is 12.2. The van der Waals surface area contributed by atoms with E-state index < -0.39 is 9.84 Å². The molecule has 1 aliphatic rings. The number of likely N-dealkylation sites (tertiary alicyclic amines) is 1. The third kappa shape index (κ3) is 11.5. The van der Waals surface area contributed by atoms with Gasteiger partial charge in [-0.3, -0.25) is 4.99 Å². The average Bonchev–Trinajstić information content (AvgIpc) is 2.47. The van der Waals surface area contributed by atoms with Gasteiger partial charge in [0.15, 0.2) is 5.96 Å². The summed E-state index contributed by atoms with van der Waals surface area (Å²) in [6.45, 7) is 8.75. The van der Waals surface area contributed by atoms with Crippen molar-refractivity contribution >= 4 is 39.8 Å². The highest BCUT2D eigenvalue weighted by atomic mass is 127. The molecule has 2 atom stereocenters. The van der Waals surface area contributed by atoms with Crippen LogP contribution in [0.25, 0.3) is 0 Å². The highest BCUT2D eigenvalue weighted by Crippen LogP contribution is 2.15. The summed E-state index contributed by atoms with van der Waals surface area (Å²) in [5, 5.41) is 6.56. The van der Waals surface area contributed by atoms with Crippen LogP contribution in [-0.4, -0.2) is 70.6 Å². The fraction of sp³-hybridized carbons (Fsp3) is 0.938. The molecular formula is C16H35IN4O2S. The van der Waals surface area contributed by atoms with Gasteiger partial charge >= 0.3 is 0 Å². The lowest BCUT2D eigenvalue weighted by atomic mass is 10.0. The van der Waals surface area contributed by atoms with Crippen LogP contribution in [0.5, 0.6) is 0 Å². The van der Waals surface area contributed by atoms with E-state index in [4.69, 9.17) is 0 Å². The Morgan fingerprint density at radius 2 is 2.12 bits per heavy atom. The Labute approximate surface area is 165 Å². The van der Waals surface area contributed by atoms with Gasteiger partial charge in [-0.25, -0.2) is 8.42 Å². The molecule has 144 valence electrons. The molecule has 2 unspecified atom stereocenters. The van der Waals surface area contributed by atoms with E-state index in [1.165, 1.54) is 32.2 Å². The van der Waals surface area contributed by atoms with Crippen molar-refractivity contribution in [1.82, 2.24) is 15.5 Å². The van der Waals surface area contributed by atoms with Crippen LogP contribution in [-0.2, 0) is 9.84 Å². The molecule has 1 fully saturated rings. The van der Waals surface area contributed by atoms with E-state index in [1.807, 2.05) is 6.92 Å². The van der Waals surface area contributed by atoms with Gasteiger partial charge in [0.2, 0.25) is 0 Å². The molecule has 24 heavy (non-hydrogen) atoms. The van der Waals surface area contributed by atoms with Crippen LogP contribution in [0.1, 0.15) is 39.5 Å². The van der Waals surface area contributed by atoms with E-state index in [0.717, 1.165) is 31.4 Å². The lowest BCUT2D eigenvalue weighted by Crippen LogP contribution is -2.44. The minimum Gasteiger partial charge on any atom is -0.356 e. The standard InChI is InChI=1S/C16H34N4O2S.HI/c1-14-7-5-10-20(13-14)11-6-9-18-16(17-3)19-15(2)8-12-23(4,21)22;/h14-15H,5-13H2,1-4H3,(H2,17,18,19);1H. The minimum atomic E-state index is -2.91. The largest absolute Gasteiger partial charge is 0.356 e. The molecule has 0 saturated carbocycles. The predicted octanol–water partition coefficient (Wildman–Crippen LogP) is 1.71. The van der Waals surface area contributed by atoms with Crippen molar-refractivity contribution in [2.75, 3.05) is 45.2 Å².